The first-order valence-corrected chi connectivity index (χ1v) is 12.6. The third kappa shape index (κ3) is 4.46. The maximum atomic E-state index is 13.1. The maximum Gasteiger partial charge on any atom is 0.265 e. The predicted molar refractivity (Wildman–Crippen MR) is 129 cm³/mol. The Kier molecular flexibility index (Phi) is 5.93. The Bertz CT molecular complexity index is 1470. The van der Waals surface area contributed by atoms with Crippen LogP contribution in [0.3, 0.4) is 0 Å². The summed E-state index contributed by atoms with van der Waals surface area (Å²) in [7, 11) is -3.64. The minimum absolute atomic E-state index is 0.155. The topological polar surface area (TPSA) is 106 Å². The second-order valence-corrected chi connectivity index (χ2v) is 10.5. The number of nitrogens with zero attached hydrogens (tertiary/aromatic N) is 4. The van der Waals surface area contributed by atoms with E-state index in [1.807, 2.05) is 42.5 Å². The van der Waals surface area contributed by atoms with Crippen molar-refractivity contribution in [2.24, 2.45) is 5.92 Å². The van der Waals surface area contributed by atoms with Crippen molar-refractivity contribution in [2.45, 2.75) is 24.7 Å². The van der Waals surface area contributed by atoms with Crippen molar-refractivity contribution in [1.29, 1.82) is 0 Å². The fourth-order valence-electron chi connectivity index (χ4n) is 4.23. The highest BCUT2D eigenvalue weighted by Crippen LogP contribution is 2.25. The molecular weight excluding hydrogens is 454 g/mol. The van der Waals surface area contributed by atoms with Gasteiger partial charge in [0.15, 0.2) is 6.61 Å². The average Bonchev–Trinajstić information content (AvgIpc) is 3.25. The van der Waals surface area contributed by atoms with Gasteiger partial charge in [-0.15, -0.1) is 5.10 Å². The quantitative estimate of drug-likeness (QED) is 0.456. The number of hydrogen-bond donors (Lipinski definition) is 1. The van der Waals surface area contributed by atoms with Crippen LogP contribution in [0, 0.1) is 5.92 Å². The lowest BCUT2D eigenvalue weighted by molar-refractivity contribution is -0.121. The highest BCUT2D eigenvalue weighted by molar-refractivity contribution is 7.89. The van der Waals surface area contributed by atoms with Crippen LogP contribution in [0.25, 0.3) is 21.8 Å². The molecule has 3 aromatic carbocycles. The fraction of sp³-hybridized carbons (Fsp3) is 0.292. The van der Waals surface area contributed by atoms with Gasteiger partial charge in [0, 0.05) is 18.8 Å². The van der Waals surface area contributed by atoms with Crippen LogP contribution in [0.4, 0.5) is 5.69 Å². The maximum absolute atomic E-state index is 13.1. The van der Waals surface area contributed by atoms with E-state index in [4.69, 9.17) is 4.84 Å². The lowest BCUT2D eigenvalue weighted by atomic mass is 10.0. The van der Waals surface area contributed by atoms with E-state index in [9.17, 15) is 13.2 Å². The van der Waals surface area contributed by atoms with Gasteiger partial charge in [0.25, 0.3) is 5.91 Å². The summed E-state index contributed by atoms with van der Waals surface area (Å²) in [6, 6.07) is 18.1. The van der Waals surface area contributed by atoms with Gasteiger partial charge in [-0.25, -0.2) is 8.42 Å². The molecule has 1 N–H and O–H groups in total. The van der Waals surface area contributed by atoms with Gasteiger partial charge < -0.3 is 10.2 Å². The zero-order valence-corrected chi connectivity index (χ0v) is 19.5. The highest BCUT2D eigenvalue weighted by Gasteiger charge is 2.29. The number of carbonyl (C=O) groups is 1. The summed E-state index contributed by atoms with van der Waals surface area (Å²) in [5.74, 6) is -0.0473. The molecule has 4 aromatic rings. The lowest BCUT2D eigenvalue weighted by Gasteiger charge is -2.30. The number of nitrogens with one attached hydrogen (secondary N) is 1. The third-order valence-electron chi connectivity index (χ3n) is 6.00. The van der Waals surface area contributed by atoms with Crippen LogP contribution in [0.2, 0.25) is 0 Å². The molecule has 1 unspecified atom stereocenters. The summed E-state index contributed by atoms with van der Waals surface area (Å²) in [5.41, 5.74) is 1.51. The molecule has 0 aliphatic carbocycles. The summed E-state index contributed by atoms with van der Waals surface area (Å²) in [4.78, 5) is 19.2. The van der Waals surface area contributed by atoms with E-state index in [-0.39, 0.29) is 17.4 Å². The summed E-state index contributed by atoms with van der Waals surface area (Å²) in [5, 5.41) is 12.8. The van der Waals surface area contributed by atoms with E-state index < -0.39 is 10.0 Å². The zero-order chi connectivity index (χ0) is 23.7. The molecule has 1 aliphatic rings. The molecule has 0 radical (unpaired) electrons. The number of piperidine rings is 1. The van der Waals surface area contributed by atoms with E-state index in [0.29, 0.717) is 35.7 Å². The number of sulfonamides is 1. The zero-order valence-electron chi connectivity index (χ0n) is 18.7. The second-order valence-electron chi connectivity index (χ2n) is 8.61. The predicted octanol–water partition coefficient (Wildman–Crippen LogP) is 3.07. The van der Waals surface area contributed by atoms with Crippen molar-refractivity contribution in [3.8, 4) is 0 Å². The molecule has 1 atom stereocenters. The number of aromatic nitrogens is 3. The molecule has 1 amide bonds. The van der Waals surface area contributed by atoms with Gasteiger partial charge >= 0.3 is 0 Å². The van der Waals surface area contributed by atoms with Crippen molar-refractivity contribution in [1.82, 2.24) is 19.5 Å². The highest BCUT2D eigenvalue weighted by atomic mass is 32.2. The van der Waals surface area contributed by atoms with Crippen molar-refractivity contribution < 1.29 is 18.0 Å². The average molecular weight is 480 g/mol. The van der Waals surface area contributed by atoms with Crippen LogP contribution in [0.1, 0.15) is 19.8 Å². The first-order chi connectivity index (χ1) is 16.4. The van der Waals surface area contributed by atoms with Crippen LogP contribution in [0.5, 0.6) is 0 Å². The molecule has 34 heavy (non-hydrogen) atoms. The first-order valence-electron chi connectivity index (χ1n) is 11.2. The van der Waals surface area contributed by atoms with Crippen LogP contribution in [-0.4, -0.2) is 53.5 Å². The van der Waals surface area contributed by atoms with E-state index in [1.165, 1.54) is 16.4 Å². The second kappa shape index (κ2) is 9.03. The number of fused-ring (bicyclic) bond motifs is 2. The van der Waals surface area contributed by atoms with E-state index >= 15 is 0 Å². The largest absolute Gasteiger partial charge is 0.385 e. The molecule has 9 nitrogen and oxygen atoms in total. The molecule has 5 rings (SSSR count). The van der Waals surface area contributed by atoms with Crippen LogP contribution < -0.4 is 10.2 Å². The molecule has 1 saturated heterocycles. The Morgan fingerprint density at radius 3 is 2.76 bits per heavy atom. The van der Waals surface area contributed by atoms with Gasteiger partial charge in [-0.2, -0.15) is 4.31 Å². The molecular formula is C24H25N5O4S. The Morgan fingerprint density at radius 2 is 1.94 bits per heavy atom. The van der Waals surface area contributed by atoms with Crippen molar-refractivity contribution >= 4 is 43.4 Å². The number of rotatable bonds is 6. The number of anilines is 1. The lowest BCUT2D eigenvalue weighted by Crippen LogP contribution is -2.39. The molecule has 1 aromatic heterocycles. The Hall–Kier alpha value is -3.50. The minimum Gasteiger partial charge on any atom is -0.385 e. The number of amides is 1. The summed E-state index contributed by atoms with van der Waals surface area (Å²) in [6.45, 7) is 2.75. The monoisotopic (exact) mass is 479 g/mol. The Balaban J connectivity index is 1.30. The summed E-state index contributed by atoms with van der Waals surface area (Å²) < 4.78 is 27.8. The number of hydrogen-bond acceptors (Lipinski definition) is 6. The number of carbonyl (C=O) groups excluding carboxylic acids is 1. The normalized spacial score (nSPS) is 17.1. The van der Waals surface area contributed by atoms with Gasteiger partial charge in [-0.05, 0) is 65.1 Å². The number of benzene rings is 3. The molecule has 10 heteroatoms. The Labute approximate surface area is 197 Å². The molecule has 2 heterocycles. The SMILES string of the molecule is CC1CCCN(S(=O)(=O)c2ccc3nnn(OCC(=O)Nc4ccc5ccccc5c4)c3c2)C1. The van der Waals surface area contributed by atoms with E-state index in [2.05, 4.69) is 22.6 Å². The fourth-order valence-corrected chi connectivity index (χ4v) is 5.85. The van der Waals surface area contributed by atoms with Gasteiger partial charge in [0.05, 0.1) is 4.90 Å². The van der Waals surface area contributed by atoms with E-state index in [1.54, 1.807) is 6.07 Å². The summed E-state index contributed by atoms with van der Waals surface area (Å²) >= 11 is 0. The van der Waals surface area contributed by atoms with Crippen molar-refractivity contribution in [3.05, 3.63) is 60.7 Å². The van der Waals surface area contributed by atoms with Crippen molar-refractivity contribution in [2.75, 3.05) is 25.0 Å². The molecule has 0 spiro atoms. The van der Waals surface area contributed by atoms with E-state index in [0.717, 1.165) is 28.5 Å². The summed E-state index contributed by atoms with van der Waals surface area (Å²) in [6.07, 6.45) is 1.87. The molecule has 0 bridgehead atoms. The van der Waals surface area contributed by atoms with Gasteiger partial charge in [0.1, 0.15) is 11.0 Å². The van der Waals surface area contributed by atoms with Crippen molar-refractivity contribution in [3.63, 3.8) is 0 Å². The standard InChI is InChI=1S/C24H25N5O4S/c1-17-5-4-12-28(15-17)34(31,32)21-10-11-22-23(14-21)29(27-26-22)33-16-24(30)25-20-9-8-18-6-2-3-7-19(18)13-20/h2-3,6-11,13-14,17H,4-5,12,15-16H2,1H3,(H,25,30). The van der Waals surface area contributed by atoms with Gasteiger partial charge in [-0.3, -0.25) is 4.79 Å². The van der Waals surface area contributed by atoms with Gasteiger partial charge in [-0.1, -0.05) is 42.1 Å². The molecule has 0 saturated carbocycles. The van der Waals surface area contributed by atoms with Crippen LogP contribution in [-0.2, 0) is 14.8 Å². The third-order valence-corrected chi connectivity index (χ3v) is 7.86. The molecule has 176 valence electrons. The minimum atomic E-state index is -3.64. The molecule has 1 fully saturated rings. The Morgan fingerprint density at radius 1 is 1.12 bits per heavy atom. The first kappa shape index (κ1) is 22.3. The van der Waals surface area contributed by atoms with Crippen LogP contribution in [0.15, 0.2) is 65.6 Å². The van der Waals surface area contributed by atoms with Crippen LogP contribution >= 0.6 is 0 Å². The molecule has 1 aliphatic heterocycles. The smallest absolute Gasteiger partial charge is 0.265 e. The van der Waals surface area contributed by atoms with Gasteiger partial charge in [0.2, 0.25) is 10.0 Å².